The minimum absolute atomic E-state index is 0.568. The Morgan fingerprint density at radius 2 is 2.62 bits per heavy atom. The van der Waals surface area contributed by atoms with E-state index in [1.807, 2.05) is 0 Å². The maximum absolute atomic E-state index is 5.00. The van der Waals surface area contributed by atoms with E-state index in [-0.39, 0.29) is 0 Å². The zero-order chi connectivity index (χ0) is 9.52. The summed E-state index contributed by atoms with van der Waals surface area (Å²) in [5.74, 6) is 0. The number of nitrogens with zero attached hydrogens (tertiary/aromatic N) is 1. The van der Waals surface area contributed by atoms with Gasteiger partial charge in [-0.25, -0.2) is 0 Å². The van der Waals surface area contributed by atoms with E-state index in [9.17, 15) is 0 Å². The first kappa shape index (κ1) is 9.94. The molecule has 0 unspecified atom stereocenters. The summed E-state index contributed by atoms with van der Waals surface area (Å²) < 4.78 is 4.86. The van der Waals surface area contributed by atoms with Gasteiger partial charge in [0, 0.05) is 19.9 Å². The Kier molecular flexibility index (Phi) is 4.20. The van der Waals surface area contributed by atoms with Crippen molar-refractivity contribution in [1.29, 1.82) is 0 Å². The number of thiocarbonyl (C=S) groups is 1. The molecule has 3 N–H and O–H groups in total. The molecule has 0 aliphatic carbocycles. The Hall–Kier alpha value is -1.14. The van der Waals surface area contributed by atoms with Crippen molar-refractivity contribution < 1.29 is 4.74 Å². The summed E-state index contributed by atoms with van der Waals surface area (Å²) in [6.45, 7) is 1.33. The number of H-pyrrole nitrogens is 1. The standard InChI is InChI=1S/C7H12N4OS/c1-12-3-2-8-7(13)11-6-4-9-10-5-6/h4-5H,2-3H2,1H3,(H,9,10)(H2,8,11,13). The molecule has 1 heterocycles. The van der Waals surface area contributed by atoms with Crippen LogP contribution in [0.2, 0.25) is 0 Å². The Balaban J connectivity index is 2.18. The number of anilines is 1. The van der Waals surface area contributed by atoms with Crippen LogP contribution in [0.3, 0.4) is 0 Å². The molecule has 1 rings (SSSR count). The summed E-state index contributed by atoms with van der Waals surface area (Å²) in [6, 6.07) is 0. The van der Waals surface area contributed by atoms with Crippen LogP contribution in [0, 0.1) is 0 Å². The van der Waals surface area contributed by atoms with Crippen molar-refractivity contribution in [2.24, 2.45) is 0 Å². The van der Waals surface area contributed by atoms with Gasteiger partial charge in [0.05, 0.1) is 18.5 Å². The minimum Gasteiger partial charge on any atom is -0.383 e. The molecule has 0 aliphatic rings. The summed E-state index contributed by atoms with van der Waals surface area (Å²) in [5.41, 5.74) is 0.843. The third-order valence-corrected chi connectivity index (χ3v) is 1.59. The highest BCUT2D eigenvalue weighted by molar-refractivity contribution is 7.80. The molecular weight excluding hydrogens is 188 g/mol. The van der Waals surface area contributed by atoms with Crippen molar-refractivity contribution >= 4 is 23.0 Å². The molecule has 0 amide bonds. The lowest BCUT2D eigenvalue weighted by Crippen LogP contribution is -2.30. The average Bonchev–Trinajstić information content (AvgIpc) is 2.57. The van der Waals surface area contributed by atoms with E-state index in [0.717, 1.165) is 5.69 Å². The van der Waals surface area contributed by atoms with E-state index in [1.54, 1.807) is 19.5 Å². The van der Waals surface area contributed by atoms with Crippen molar-refractivity contribution in [3.8, 4) is 0 Å². The largest absolute Gasteiger partial charge is 0.383 e. The van der Waals surface area contributed by atoms with Gasteiger partial charge in [-0.3, -0.25) is 5.10 Å². The van der Waals surface area contributed by atoms with E-state index in [1.165, 1.54) is 0 Å². The van der Waals surface area contributed by atoms with E-state index < -0.39 is 0 Å². The SMILES string of the molecule is COCCNC(=S)Nc1cn[nH]c1. The van der Waals surface area contributed by atoms with Crippen LogP contribution < -0.4 is 10.6 Å². The molecule has 0 spiro atoms. The molecule has 0 aliphatic heterocycles. The number of methoxy groups -OCH3 is 1. The molecule has 0 saturated heterocycles. The minimum atomic E-state index is 0.568. The van der Waals surface area contributed by atoms with Crippen molar-refractivity contribution in [2.45, 2.75) is 0 Å². The summed E-state index contributed by atoms with van der Waals surface area (Å²) in [7, 11) is 1.65. The Labute approximate surface area is 81.9 Å². The van der Waals surface area contributed by atoms with Crippen LogP contribution in [0.4, 0.5) is 5.69 Å². The van der Waals surface area contributed by atoms with Crippen LogP contribution >= 0.6 is 12.2 Å². The highest BCUT2D eigenvalue weighted by Crippen LogP contribution is 1.99. The van der Waals surface area contributed by atoms with Crippen LogP contribution in [-0.2, 0) is 4.74 Å². The summed E-state index contributed by atoms with van der Waals surface area (Å²) in [4.78, 5) is 0. The lowest BCUT2D eigenvalue weighted by atomic mass is 10.6. The summed E-state index contributed by atoms with van der Waals surface area (Å²) in [5, 5.41) is 12.9. The fourth-order valence-corrected chi connectivity index (χ4v) is 0.981. The van der Waals surface area contributed by atoms with Gasteiger partial charge in [0.15, 0.2) is 5.11 Å². The maximum atomic E-state index is 5.00. The van der Waals surface area contributed by atoms with E-state index >= 15 is 0 Å². The van der Waals surface area contributed by atoms with Crippen molar-refractivity contribution in [2.75, 3.05) is 25.6 Å². The molecular formula is C7H12N4OS. The topological polar surface area (TPSA) is 62.0 Å². The number of ether oxygens (including phenoxy) is 1. The molecule has 72 valence electrons. The van der Waals surface area contributed by atoms with Crippen LogP contribution in [0.1, 0.15) is 0 Å². The Bertz CT molecular complexity index is 249. The number of aromatic amines is 1. The fraction of sp³-hybridized carbons (Fsp3) is 0.429. The molecule has 6 heteroatoms. The molecule has 0 atom stereocenters. The van der Waals surface area contributed by atoms with Gasteiger partial charge in [0.1, 0.15) is 0 Å². The second kappa shape index (κ2) is 5.50. The molecule has 0 radical (unpaired) electrons. The Morgan fingerprint density at radius 3 is 3.23 bits per heavy atom. The van der Waals surface area contributed by atoms with E-state index in [0.29, 0.717) is 18.3 Å². The first-order valence-electron chi connectivity index (χ1n) is 3.85. The molecule has 1 aromatic rings. The molecule has 0 bridgehead atoms. The van der Waals surface area contributed by atoms with Crippen LogP contribution in [-0.4, -0.2) is 35.6 Å². The number of hydrogen-bond acceptors (Lipinski definition) is 3. The fourth-order valence-electron chi connectivity index (χ4n) is 0.761. The molecule has 1 aromatic heterocycles. The van der Waals surface area contributed by atoms with Gasteiger partial charge in [-0.15, -0.1) is 0 Å². The first-order valence-corrected chi connectivity index (χ1v) is 4.26. The summed E-state index contributed by atoms with van der Waals surface area (Å²) in [6.07, 6.45) is 3.38. The van der Waals surface area contributed by atoms with Crippen LogP contribution in [0.25, 0.3) is 0 Å². The van der Waals surface area contributed by atoms with Crippen molar-refractivity contribution in [1.82, 2.24) is 15.5 Å². The van der Waals surface area contributed by atoms with Crippen LogP contribution in [0.15, 0.2) is 12.4 Å². The zero-order valence-corrected chi connectivity index (χ0v) is 8.15. The molecule has 0 fully saturated rings. The molecule has 0 aromatic carbocycles. The second-order valence-corrected chi connectivity index (χ2v) is 2.77. The van der Waals surface area contributed by atoms with Gasteiger partial charge in [0.25, 0.3) is 0 Å². The third-order valence-electron chi connectivity index (χ3n) is 1.35. The number of nitrogens with one attached hydrogen (secondary N) is 3. The van der Waals surface area contributed by atoms with Gasteiger partial charge in [-0.2, -0.15) is 5.10 Å². The third kappa shape index (κ3) is 3.86. The second-order valence-electron chi connectivity index (χ2n) is 2.36. The van der Waals surface area contributed by atoms with Gasteiger partial charge < -0.3 is 15.4 Å². The van der Waals surface area contributed by atoms with Gasteiger partial charge >= 0.3 is 0 Å². The first-order chi connectivity index (χ1) is 6.33. The normalized spacial score (nSPS) is 9.62. The lowest BCUT2D eigenvalue weighted by Gasteiger charge is -2.07. The number of rotatable bonds is 4. The average molecular weight is 200 g/mol. The smallest absolute Gasteiger partial charge is 0.170 e. The maximum Gasteiger partial charge on any atom is 0.170 e. The van der Waals surface area contributed by atoms with Crippen LogP contribution in [0.5, 0.6) is 0 Å². The van der Waals surface area contributed by atoms with E-state index in [4.69, 9.17) is 17.0 Å². The number of aromatic nitrogens is 2. The lowest BCUT2D eigenvalue weighted by molar-refractivity contribution is 0.204. The number of hydrogen-bond donors (Lipinski definition) is 3. The molecule has 5 nitrogen and oxygen atoms in total. The zero-order valence-electron chi connectivity index (χ0n) is 7.33. The van der Waals surface area contributed by atoms with Crippen molar-refractivity contribution in [3.63, 3.8) is 0 Å². The van der Waals surface area contributed by atoms with Gasteiger partial charge in [-0.1, -0.05) is 0 Å². The van der Waals surface area contributed by atoms with E-state index in [2.05, 4.69) is 20.8 Å². The molecule has 13 heavy (non-hydrogen) atoms. The van der Waals surface area contributed by atoms with Gasteiger partial charge in [0.2, 0.25) is 0 Å². The summed E-state index contributed by atoms with van der Waals surface area (Å²) >= 11 is 5.00. The Morgan fingerprint density at radius 1 is 1.77 bits per heavy atom. The molecule has 0 saturated carbocycles. The quantitative estimate of drug-likeness (QED) is 0.483. The monoisotopic (exact) mass is 200 g/mol. The predicted molar refractivity (Wildman–Crippen MR) is 54.7 cm³/mol. The van der Waals surface area contributed by atoms with Crippen molar-refractivity contribution in [3.05, 3.63) is 12.4 Å². The highest BCUT2D eigenvalue weighted by Gasteiger charge is 1.96. The predicted octanol–water partition coefficient (Wildman–Crippen LogP) is 0.342. The van der Waals surface area contributed by atoms with Gasteiger partial charge in [-0.05, 0) is 12.2 Å². The highest BCUT2D eigenvalue weighted by atomic mass is 32.1.